The second-order valence-corrected chi connectivity index (χ2v) is 9.48. The minimum Gasteiger partial charge on any atom is -0.595 e. The Hall–Kier alpha value is -2.84. The van der Waals surface area contributed by atoms with Crippen molar-refractivity contribution in [3.8, 4) is 0 Å². The average molecular weight is 477 g/mol. The number of amides is 2. The van der Waals surface area contributed by atoms with Crippen molar-refractivity contribution in [2.45, 2.75) is 10.2 Å². The van der Waals surface area contributed by atoms with E-state index in [0.717, 1.165) is 22.3 Å². The van der Waals surface area contributed by atoms with Gasteiger partial charge in [-0.05, 0) is 34.4 Å². The zero-order chi connectivity index (χ0) is 21.5. The summed E-state index contributed by atoms with van der Waals surface area (Å²) in [6, 6.07) is 21.9. The van der Waals surface area contributed by atoms with Crippen LogP contribution in [0.3, 0.4) is 0 Å². The van der Waals surface area contributed by atoms with Crippen molar-refractivity contribution in [1.82, 2.24) is 0 Å². The number of hydrogen-bond acceptors (Lipinski definition) is 4. The van der Waals surface area contributed by atoms with Crippen molar-refractivity contribution < 1.29 is 20.0 Å². The maximum Gasteiger partial charge on any atom is 0.239 e. The molecule has 1 heterocycles. The standard InChI is InChI=1S/C24H17BrN2O4/c25-24-17-7-3-1-5-15(17)19(16-6-2-4-8-18(16)24)20-21(24)23(29)26(22(20)28)13-9-11-14(12-10-13)27(30)31/h1-12,19-21,27,30H/t19?,20-,21+,24?/m1/s1. The smallest absolute Gasteiger partial charge is 0.239 e. The molecule has 2 N–H and O–H groups in total. The van der Waals surface area contributed by atoms with Gasteiger partial charge >= 0.3 is 0 Å². The molecule has 0 radical (unpaired) electrons. The van der Waals surface area contributed by atoms with Crippen LogP contribution in [-0.4, -0.2) is 17.0 Å². The summed E-state index contributed by atoms with van der Waals surface area (Å²) >= 11 is 3.96. The van der Waals surface area contributed by atoms with Crippen molar-refractivity contribution in [3.63, 3.8) is 0 Å². The van der Waals surface area contributed by atoms with Gasteiger partial charge in [0.05, 0.1) is 21.8 Å². The molecular weight excluding hydrogens is 460 g/mol. The fourth-order valence-corrected chi connectivity index (χ4v) is 6.89. The summed E-state index contributed by atoms with van der Waals surface area (Å²) in [5, 5.41) is 19.3. The number of halogens is 1. The summed E-state index contributed by atoms with van der Waals surface area (Å²) in [6.07, 6.45) is 0. The predicted octanol–water partition coefficient (Wildman–Crippen LogP) is 2.99. The largest absolute Gasteiger partial charge is 0.595 e. The van der Waals surface area contributed by atoms with Crippen LogP contribution in [0, 0.1) is 17.0 Å². The molecule has 3 aromatic rings. The van der Waals surface area contributed by atoms with E-state index in [9.17, 15) is 20.0 Å². The van der Waals surface area contributed by atoms with Crippen molar-refractivity contribution in [2.75, 3.05) is 4.90 Å². The predicted molar refractivity (Wildman–Crippen MR) is 116 cm³/mol. The Bertz CT molecular complexity index is 1210. The molecule has 0 aromatic heterocycles. The van der Waals surface area contributed by atoms with Gasteiger partial charge in [-0.3, -0.25) is 9.59 Å². The molecular formula is C24H17BrN2O4. The van der Waals surface area contributed by atoms with Crippen LogP contribution in [0.1, 0.15) is 28.2 Å². The van der Waals surface area contributed by atoms with Gasteiger partial charge in [-0.1, -0.05) is 64.5 Å². The lowest BCUT2D eigenvalue weighted by atomic mass is 9.55. The normalized spacial score (nSPS) is 28.9. The lowest BCUT2D eigenvalue weighted by Gasteiger charge is -2.51. The van der Waals surface area contributed by atoms with Gasteiger partial charge in [0.25, 0.3) is 0 Å². The summed E-state index contributed by atoms with van der Waals surface area (Å²) in [5.74, 6) is -1.79. The molecule has 1 saturated heterocycles. The molecule has 0 spiro atoms. The average Bonchev–Trinajstić information content (AvgIpc) is 3.06. The zero-order valence-corrected chi connectivity index (χ0v) is 17.7. The number of imide groups is 1. The number of carbonyl (C=O) groups excluding carboxylic acids is 2. The van der Waals surface area contributed by atoms with Crippen molar-refractivity contribution >= 4 is 39.1 Å². The van der Waals surface area contributed by atoms with Crippen LogP contribution in [0.15, 0.2) is 72.8 Å². The highest BCUT2D eigenvalue weighted by Crippen LogP contribution is 2.66. The molecule has 2 amide bonds. The van der Waals surface area contributed by atoms with E-state index in [1.807, 2.05) is 48.5 Å². The first-order chi connectivity index (χ1) is 14.9. The Kier molecular flexibility index (Phi) is 3.86. The van der Waals surface area contributed by atoms with E-state index in [2.05, 4.69) is 15.9 Å². The van der Waals surface area contributed by atoms with Gasteiger partial charge in [-0.2, -0.15) is 5.23 Å². The lowest BCUT2D eigenvalue weighted by molar-refractivity contribution is -0.991. The minimum atomic E-state index is -1.05. The molecule has 31 heavy (non-hydrogen) atoms. The van der Waals surface area contributed by atoms with Crippen molar-refractivity contribution in [3.05, 3.63) is 100 Å². The van der Waals surface area contributed by atoms with E-state index in [1.165, 1.54) is 29.2 Å². The van der Waals surface area contributed by atoms with E-state index in [0.29, 0.717) is 5.69 Å². The van der Waals surface area contributed by atoms with Crippen LogP contribution < -0.4 is 10.1 Å². The maximum absolute atomic E-state index is 13.7. The van der Waals surface area contributed by atoms with Gasteiger partial charge in [0.1, 0.15) is 0 Å². The second-order valence-electron chi connectivity index (χ2n) is 8.23. The third kappa shape index (κ3) is 2.26. The number of nitrogens with zero attached hydrogens (tertiary/aromatic N) is 1. The summed E-state index contributed by atoms with van der Waals surface area (Å²) in [5.41, 5.74) is 4.72. The first-order valence-corrected chi connectivity index (χ1v) is 10.8. The van der Waals surface area contributed by atoms with Gasteiger partial charge in [0, 0.05) is 18.1 Å². The Balaban J connectivity index is 1.55. The monoisotopic (exact) mass is 476 g/mol. The zero-order valence-electron chi connectivity index (χ0n) is 16.2. The maximum atomic E-state index is 13.7. The highest BCUT2D eigenvalue weighted by Gasteiger charge is 2.67. The van der Waals surface area contributed by atoms with Crippen molar-refractivity contribution in [1.29, 1.82) is 0 Å². The molecule has 2 bridgehead atoms. The van der Waals surface area contributed by atoms with E-state index >= 15 is 0 Å². The Morgan fingerprint density at radius 3 is 1.97 bits per heavy atom. The topological polar surface area (TPSA) is 85.1 Å². The third-order valence-electron chi connectivity index (χ3n) is 6.89. The van der Waals surface area contributed by atoms with E-state index in [1.54, 1.807) is 0 Å². The molecule has 4 aliphatic rings. The van der Waals surface area contributed by atoms with Gasteiger partial charge in [-0.25, -0.2) is 10.1 Å². The summed E-state index contributed by atoms with van der Waals surface area (Å²) < 4.78 is -0.790. The molecule has 154 valence electrons. The number of rotatable bonds is 2. The fraction of sp³-hybridized carbons (Fsp3) is 0.167. The van der Waals surface area contributed by atoms with E-state index in [4.69, 9.17) is 0 Å². The molecule has 7 heteroatoms. The fourth-order valence-electron chi connectivity index (χ4n) is 5.69. The third-order valence-corrected chi connectivity index (χ3v) is 8.23. The summed E-state index contributed by atoms with van der Waals surface area (Å²) in [7, 11) is 0. The van der Waals surface area contributed by atoms with Crippen LogP contribution >= 0.6 is 15.9 Å². The molecule has 3 aromatic carbocycles. The van der Waals surface area contributed by atoms with Crippen LogP contribution in [0.2, 0.25) is 0 Å². The first-order valence-electron chi connectivity index (χ1n) is 10.0. The van der Waals surface area contributed by atoms with Crippen LogP contribution in [0.4, 0.5) is 11.4 Å². The molecule has 1 fully saturated rings. The second kappa shape index (κ2) is 6.34. The van der Waals surface area contributed by atoms with Crippen LogP contribution in [0.25, 0.3) is 0 Å². The Labute approximate surface area is 186 Å². The minimum absolute atomic E-state index is 0.108. The van der Waals surface area contributed by atoms with E-state index < -0.39 is 21.4 Å². The molecule has 1 aliphatic heterocycles. The Morgan fingerprint density at radius 2 is 1.42 bits per heavy atom. The lowest BCUT2D eigenvalue weighted by Crippen LogP contribution is -2.99. The molecule has 3 atom stereocenters. The molecule has 1 unspecified atom stereocenters. The highest BCUT2D eigenvalue weighted by atomic mass is 79.9. The number of anilines is 1. The number of hydrogen-bond donors (Lipinski definition) is 2. The number of quaternary nitrogens is 1. The molecule has 6 nitrogen and oxygen atoms in total. The first kappa shape index (κ1) is 18.9. The summed E-state index contributed by atoms with van der Waals surface area (Å²) in [6.45, 7) is 0. The number of carbonyl (C=O) groups is 2. The molecule has 3 aliphatic carbocycles. The van der Waals surface area contributed by atoms with Gasteiger partial charge < -0.3 is 5.21 Å². The highest BCUT2D eigenvalue weighted by molar-refractivity contribution is 9.09. The quantitative estimate of drug-likeness (QED) is 0.338. The van der Waals surface area contributed by atoms with E-state index in [-0.39, 0.29) is 23.4 Å². The van der Waals surface area contributed by atoms with Gasteiger partial charge in [0.15, 0.2) is 5.69 Å². The summed E-state index contributed by atoms with van der Waals surface area (Å²) in [4.78, 5) is 28.7. The van der Waals surface area contributed by atoms with Crippen LogP contribution in [-0.2, 0) is 13.9 Å². The Morgan fingerprint density at radius 1 is 0.871 bits per heavy atom. The molecule has 7 rings (SSSR count). The van der Waals surface area contributed by atoms with Gasteiger partial charge in [0.2, 0.25) is 11.8 Å². The number of benzene rings is 3. The van der Waals surface area contributed by atoms with Crippen molar-refractivity contribution in [2.24, 2.45) is 11.8 Å². The SMILES string of the molecule is O=C1[C@@H]2C3c4ccccc4C(Br)(c4ccccc43)[C@@H]2C(=O)N1c1ccc([NH+]([O-])O)cc1. The van der Waals surface area contributed by atoms with Crippen LogP contribution in [0.5, 0.6) is 0 Å². The number of alkyl halides is 1. The van der Waals surface area contributed by atoms with Gasteiger partial charge in [-0.15, -0.1) is 0 Å². The number of nitrogens with one attached hydrogen (secondary N) is 1. The molecule has 0 saturated carbocycles.